The topological polar surface area (TPSA) is 100 Å². The molecule has 204 valence electrons. The normalized spacial score (nSPS) is 12.6. The summed E-state index contributed by atoms with van der Waals surface area (Å²) in [6, 6.07) is 13.6. The van der Waals surface area contributed by atoms with Gasteiger partial charge in [-0.2, -0.15) is 0 Å². The minimum Gasteiger partial charge on any atom is -0.349 e. The molecule has 1 aliphatic rings. The lowest BCUT2D eigenvalue weighted by atomic mass is 9.92. The van der Waals surface area contributed by atoms with Gasteiger partial charge in [-0.25, -0.2) is 9.37 Å². The number of rotatable bonds is 8. The number of aromatic nitrogens is 1. The van der Waals surface area contributed by atoms with Crippen LogP contribution in [0, 0.1) is 26.6 Å². The summed E-state index contributed by atoms with van der Waals surface area (Å²) in [5.41, 5.74) is 4.96. The van der Waals surface area contributed by atoms with Crippen molar-refractivity contribution >= 4 is 34.2 Å². The van der Waals surface area contributed by atoms with Crippen LogP contribution in [0.5, 0.6) is 0 Å². The molecular formula is C31H29FN4O3S. The zero-order valence-electron chi connectivity index (χ0n) is 22.4. The van der Waals surface area contributed by atoms with E-state index in [1.165, 1.54) is 29.0 Å². The minimum absolute atomic E-state index is 0.113. The first-order valence-electron chi connectivity index (χ1n) is 13.0. The van der Waals surface area contributed by atoms with Crippen molar-refractivity contribution in [3.8, 4) is 11.1 Å². The first kappa shape index (κ1) is 27.2. The standard InChI is InChI=1S/C31H29FN4O3S/c1-17-4-5-20(12-18(17)2)16-34-28(37)21-6-9-24(26(13-21)30(39)36-31-33-10-11-40-31)25-14-22(15-27(32)19(25)3)29(38)35-23-7-8-23/h4-6,9-15,23H,7-8,16H2,1-3H3,(H,34,37)(H,35,38)(H,33,36,39). The van der Waals surface area contributed by atoms with E-state index < -0.39 is 11.7 Å². The fraction of sp³-hybridized carbons (Fsp3) is 0.226. The number of anilines is 1. The van der Waals surface area contributed by atoms with Crippen molar-refractivity contribution in [2.45, 2.75) is 46.2 Å². The van der Waals surface area contributed by atoms with Gasteiger partial charge < -0.3 is 10.6 Å². The van der Waals surface area contributed by atoms with Crippen molar-refractivity contribution in [2.75, 3.05) is 5.32 Å². The van der Waals surface area contributed by atoms with Crippen LogP contribution in [0.3, 0.4) is 0 Å². The molecule has 0 bridgehead atoms. The van der Waals surface area contributed by atoms with Crippen LogP contribution >= 0.6 is 11.3 Å². The second kappa shape index (κ2) is 11.4. The Bertz CT molecular complexity index is 1610. The predicted molar refractivity (Wildman–Crippen MR) is 154 cm³/mol. The highest BCUT2D eigenvalue weighted by Crippen LogP contribution is 2.32. The summed E-state index contributed by atoms with van der Waals surface area (Å²) in [5, 5.41) is 10.7. The Labute approximate surface area is 235 Å². The van der Waals surface area contributed by atoms with Crippen LogP contribution in [-0.4, -0.2) is 28.7 Å². The molecule has 3 N–H and O–H groups in total. The molecule has 0 unspecified atom stereocenters. The molecule has 0 radical (unpaired) electrons. The number of benzene rings is 3. The van der Waals surface area contributed by atoms with E-state index in [0.29, 0.717) is 28.4 Å². The second-order valence-corrected chi connectivity index (χ2v) is 10.9. The number of aryl methyl sites for hydroxylation is 2. The van der Waals surface area contributed by atoms with E-state index in [1.807, 2.05) is 32.0 Å². The maximum absolute atomic E-state index is 15.0. The summed E-state index contributed by atoms with van der Waals surface area (Å²) in [6.07, 6.45) is 3.38. The molecule has 0 atom stereocenters. The maximum Gasteiger partial charge on any atom is 0.258 e. The summed E-state index contributed by atoms with van der Waals surface area (Å²) in [5.74, 6) is -1.77. The molecule has 1 aliphatic carbocycles. The van der Waals surface area contributed by atoms with Gasteiger partial charge in [0.05, 0.1) is 0 Å². The number of carbonyl (C=O) groups excluding carboxylic acids is 3. The molecule has 7 nitrogen and oxygen atoms in total. The molecule has 1 aromatic heterocycles. The Morgan fingerprint density at radius 2 is 1.70 bits per heavy atom. The Balaban J connectivity index is 1.49. The Hall–Kier alpha value is -4.37. The molecule has 1 heterocycles. The molecule has 40 heavy (non-hydrogen) atoms. The van der Waals surface area contributed by atoms with E-state index in [1.54, 1.807) is 36.7 Å². The van der Waals surface area contributed by atoms with Gasteiger partial charge in [0, 0.05) is 40.9 Å². The van der Waals surface area contributed by atoms with Crippen molar-refractivity contribution in [3.05, 3.63) is 105 Å². The lowest BCUT2D eigenvalue weighted by Gasteiger charge is -2.16. The third-order valence-corrected chi connectivity index (χ3v) is 7.70. The summed E-state index contributed by atoms with van der Waals surface area (Å²) < 4.78 is 15.0. The Kier molecular flexibility index (Phi) is 7.75. The number of halogens is 1. The lowest BCUT2D eigenvalue weighted by molar-refractivity contribution is 0.0942. The van der Waals surface area contributed by atoms with Gasteiger partial charge in [-0.15, -0.1) is 11.3 Å². The van der Waals surface area contributed by atoms with Crippen molar-refractivity contribution < 1.29 is 18.8 Å². The molecular weight excluding hydrogens is 527 g/mol. The second-order valence-electron chi connectivity index (χ2n) is 10.0. The summed E-state index contributed by atoms with van der Waals surface area (Å²) in [6.45, 7) is 5.97. The smallest absolute Gasteiger partial charge is 0.258 e. The highest BCUT2D eigenvalue weighted by Gasteiger charge is 2.26. The zero-order valence-corrected chi connectivity index (χ0v) is 23.2. The largest absolute Gasteiger partial charge is 0.349 e. The van der Waals surface area contributed by atoms with E-state index in [4.69, 9.17) is 0 Å². The number of amides is 3. The molecule has 1 saturated carbocycles. The van der Waals surface area contributed by atoms with Crippen LogP contribution in [0.4, 0.5) is 9.52 Å². The average Bonchev–Trinajstić information content (AvgIpc) is 3.61. The first-order chi connectivity index (χ1) is 19.2. The summed E-state index contributed by atoms with van der Waals surface area (Å²) in [4.78, 5) is 43.4. The summed E-state index contributed by atoms with van der Waals surface area (Å²) >= 11 is 1.25. The van der Waals surface area contributed by atoms with Crippen LogP contribution in [0.1, 0.15) is 66.2 Å². The predicted octanol–water partition coefficient (Wildman–Crippen LogP) is 5.95. The van der Waals surface area contributed by atoms with E-state index in [-0.39, 0.29) is 34.5 Å². The summed E-state index contributed by atoms with van der Waals surface area (Å²) in [7, 11) is 0. The monoisotopic (exact) mass is 556 g/mol. The van der Waals surface area contributed by atoms with Crippen LogP contribution in [-0.2, 0) is 6.54 Å². The van der Waals surface area contributed by atoms with Crippen molar-refractivity contribution in [3.63, 3.8) is 0 Å². The van der Waals surface area contributed by atoms with Crippen LogP contribution in [0.2, 0.25) is 0 Å². The SMILES string of the molecule is Cc1ccc(CNC(=O)c2ccc(-c3cc(C(=O)NC4CC4)cc(F)c3C)c(C(=O)Nc3nccs3)c2)cc1C. The highest BCUT2D eigenvalue weighted by atomic mass is 32.1. The van der Waals surface area contributed by atoms with Gasteiger partial charge in [0.2, 0.25) is 0 Å². The molecule has 5 rings (SSSR count). The van der Waals surface area contributed by atoms with Gasteiger partial charge in [-0.05, 0) is 91.3 Å². The molecule has 0 aliphatic heterocycles. The number of thiazole rings is 1. The van der Waals surface area contributed by atoms with E-state index in [2.05, 4.69) is 20.9 Å². The molecule has 0 saturated heterocycles. The van der Waals surface area contributed by atoms with Crippen molar-refractivity contribution in [2.24, 2.45) is 0 Å². The first-order valence-corrected chi connectivity index (χ1v) is 13.9. The van der Waals surface area contributed by atoms with Gasteiger partial charge in [-0.3, -0.25) is 19.7 Å². The van der Waals surface area contributed by atoms with E-state index in [0.717, 1.165) is 24.0 Å². The maximum atomic E-state index is 15.0. The number of hydrogen-bond donors (Lipinski definition) is 3. The zero-order chi connectivity index (χ0) is 28.4. The number of nitrogens with one attached hydrogen (secondary N) is 3. The average molecular weight is 557 g/mol. The molecule has 1 fully saturated rings. The van der Waals surface area contributed by atoms with Gasteiger partial charge >= 0.3 is 0 Å². The molecule has 0 spiro atoms. The van der Waals surface area contributed by atoms with Crippen LogP contribution < -0.4 is 16.0 Å². The number of hydrogen-bond acceptors (Lipinski definition) is 5. The van der Waals surface area contributed by atoms with Gasteiger partial charge in [0.25, 0.3) is 17.7 Å². The molecule has 3 amide bonds. The number of carbonyl (C=O) groups is 3. The van der Waals surface area contributed by atoms with Crippen molar-refractivity contribution in [1.29, 1.82) is 0 Å². The van der Waals surface area contributed by atoms with Crippen LogP contribution in [0.15, 0.2) is 60.1 Å². The van der Waals surface area contributed by atoms with Crippen LogP contribution in [0.25, 0.3) is 11.1 Å². The van der Waals surface area contributed by atoms with Gasteiger partial charge in [0.15, 0.2) is 5.13 Å². The van der Waals surface area contributed by atoms with Gasteiger partial charge in [-0.1, -0.05) is 24.3 Å². The van der Waals surface area contributed by atoms with Gasteiger partial charge in [0.1, 0.15) is 5.82 Å². The third-order valence-electron chi connectivity index (χ3n) is 7.01. The third kappa shape index (κ3) is 6.10. The lowest BCUT2D eigenvalue weighted by Crippen LogP contribution is -2.25. The Morgan fingerprint density at radius 1 is 0.900 bits per heavy atom. The van der Waals surface area contributed by atoms with Crippen molar-refractivity contribution in [1.82, 2.24) is 15.6 Å². The molecule has 9 heteroatoms. The number of nitrogens with zero attached hydrogens (tertiary/aromatic N) is 1. The molecule has 3 aromatic carbocycles. The minimum atomic E-state index is -0.556. The quantitative estimate of drug-likeness (QED) is 0.250. The van der Waals surface area contributed by atoms with E-state index >= 15 is 4.39 Å². The molecule has 4 aromatic rings. The van der Waals surface area contributed by atoms with E-state index in [9.17, 15) is 14.4 Å². The highest BCUT2D eigenvalue weighted by molar-refractivity contribution is 7.13. The Morgan fingerprint density at radius 3 is 2.40 bits per heavy atom. The fourth-order valence-corrected chi connectivity index (χ4v) is 4.87. The fourth-order valence-electron chi connectivity index (χ4n) is 4.34.